The summed E-state index contributed by atoms with van der Waals surface area (Å²) < 4.78 is 23.7. The van der Waals surface area contributed by atoms with E-state index in [9.17, 15) is 9.18 Å². The maximum absolute atomic E-state index is 13.1. The summed E-state index contributed by atoms with van der Waals surface area (Å²) in [5.74, 6) is -2.02. The van der Waals surface area contributed by atoms with Gasteiger partial charge in [-0.2, -0.15) is 0 Å². The molecule has 0 saturated heterocycles. The van der Waals surface area contributed by atoms with Crippen molar-refractivity contribution in [3.8, 4) is 0 Å². The Morgan fingerprint density at radius 2 is 2.11 bits per heavy atom. The Morgan fingerprint density at radius 3 is 2.72 bits per heavy atom. The van der Waals surface area contributed by atoms with Gasteiger partial charge in [0.15, 0.2) is 0 Å². The third-order valence-electron chi connectivity index (χ3n) is 2.21. The highest BCUT2D eigenvalue weighted by Gasteiger charge is 2.10. The van der Waals surface area contributed by atoms with E-state index < -0.39 is 11.8 Å². The molecule has 1 aromatic rings. The first-order valence-electron chi connectivity index (χ1n) is 5.71. The maximum Gasteiger partial charge on any atom is 0.338 e. The standard InChI is InChI=1S/C13H17FO4/c1-9(2)18-6-5-17-8-10-3-4-12(14)11(7-10)13(15)16/h3-4,7,9H,5-6,8H2,1-2H3,(H,15,16). The minimum atomic E-state index is -1.28. The zero-order valence-electron chi connectivity index (χ0n) is 10.5. The van der Waals surface area contributed by atoms with E-state index in [4.69, 9.17) is 14.6 Å². The number of carboxylic acids is 1. The largest absolute Gasteiger partial charge is 0.478 e. The second kappa shape index (κ2) is 7.08. The summed E-state index contributed by atoms with van der Waals surface area (Å²) in [6, 6.07) is 3.92. The minimum absolute atomic E-state index is 0.151. The van der Waals surface area contributed by atoms with Crippen molar-refractivity contribution in [3.63, 3.8) is 0 Å². The molecule has 0 atom stereocenters. The smallest absolute Gasteiger partial charge is 0.338 e. The molecule has 18 heavy (non-hydrogen) atoms. The second-order valence-electron chi connectivity index (χ2n) is 4.09. The second-order valence-corrected chi connectivity index (χ2v) is 4.09. The van der Waals surface area contributed by atoms with Gasteiger partial charge in [-0.05, 0) is 31.5 Å². The molecule has 0 saturated carbocycles. The van der Waals surface area contributed by atoms with Crippen molar-refractivity contribution in [1.82, 2.24) is 0 Å². The van der Waals surface area contributed by atoms with Crippen LogP contribution in [0.2, 0.25) is 0 Å². The van der Waals surface area contributed by atoms with Crippen molar-refractivity contribution >= 4 is 5.97 Å². The van der Waals surface area contributed by atoms with E-state index in [0.29, 0.717) is 18.8 Å². The monoisotopic (exact) mass is 256 g/mol. The van der Waals surface area contributed by atoms with Gasteiger partial charge in [0.25, 0.3) is 0 Å². The van der Waals surface area contributed by atoms with Gasteiger partial charge in [0.05, 0.1) is 31.5 Å². The number of carboxylic acid groups (broad SMARTS) is 1. The molecule has 0 aliphatic carbocycles. The van der Waals surface area contributed by atoms with Crippen LogP contribution in [0.4, 0.5) is 4.39 Å². The van der Waals surface area contributed by atoms with Gasteiger partial charge in [-0.15, -0.1) is 0 Å². The Balaban J connectivity index is 2.43. The highest BCUT2D eigenvalue weighted by Crippen LogP contribution is 2.11. The van der Waals surface area contributed by atoms with E-state index in [2.05, 4.69) is 0 Å². The SMILES string of the molecule is CC(C)OCCOCc1ccc(F)c(C(=O)O)c1. The van der Waals surface area contributed by atoms with Crippen LogP contribution in [0.5, 0.6) is 0 Å². The maximum atomic E-state index is 13.1. The van der Waals surface area contributed by atoms with E-state index in [1.54, 1.807) is 0 Å². The molecular formula is C13H17FO4. The third kappa shape index (κ3) is 4.81. The number of aromatic carboxylic acids is 1. The number of benzene rings is 1. The molecule has 1 rings (SSSR count). The molecule has 0 aliphatic heterocycles. The van der Waals surface area contributed by atoms with E-state index in [-0.39, 0.29) is 18.3 Å². The van der Waals surface area contributed by atoms with Gasteiger partial charge in [0.1, 0.15) is 5.82 Å². The zero-order chi connectivity index (χ0) is 13.5. The average Bonchev–Trinajstić information content (AvgIpc) is 2.30. The summed E-state index contributed by atoms with van der Waals surface area (Å²) in [5, 5.41) is 8.76. The van der Waals surface area contributed by atoms with Crippen molar-refractivity contribution in [2.24, 2.45) is 0 Å². The van der Waals surface area contributed by atoms with Crippen LogP contribution in [0.15, 0.2) is 18.2 Å². The first-order valence-corrected chi connectivity index (χ1v) is 5.71. The molecule has 0 aromatic heterocycles. The highest BCUT2D eigenvalue weighted by molar-refractivity contribution is 5.88. The normalized spacial score (nSPS) is 10.9. The number of rotatable bonds is 7. The zero-order valence-corrected chi connectivity index (χ0v) is 10.5. The predicted molar refractivity (Wildman–Crippen MR) is 64.1 cm³/mol. The summed E-state index contributed by atoms with van der Waals surface area (Å²) in [4.78, 5) is 10.7. The Bertz CT molecular complexity index is 404. The number of carbonyl (C=O) groups is 1. The summed E-state index contributed by atoms with van der Waals surface area (Å²) in [5.41, 5.74) is 0.285. The fraction of sp³-hybridized carbons (Fsp3) is 0.462. The first kappa shape index (κ1) is 14.6. The van der Waals surface area contributed by atoms with E-state index in [1.165, 1.54) is 12.1 Å². The number of hydrogen-bond acceptors (Lipinski definition) is 3. The number of ether oxygens (including phenoxy) is 2. The lowest BCUT2D eigenvalue weighted by molar-refractivity contribution is 0.0142. The summed E-state index contributed by atoms with van der Waals surface area (Å²) in [6.45, 7) is 4.99. The van der Waals surface area contributed by atoms with Crippen molar-refractivity contribution in [2.45, 2.75) is 26.6 Å². The molecule has 0 aliphatic rings. The Labute approximate surface area is 105 Å². The van der Waals surface area contributed by atoms with Gasteiger partial charge in [0, 0.05) is 0 Å². The molecule has 0 unspecified atom stereocenters. The van der Waals surface area contributed by atoms with Crippen molar-refractivity contribution in [3.05, 3.63) is 35.1 Å². The first-order chi connectivity index (χ1) is 8.50. The van der Waals surface area contributed by atoms with Crippen LogP contribution < -0.4 is 0 Å². The van der Waals surface area contributed by atoms with E-state index in [1.807, 2.05) is 13.8 Å². The van der Waals surface area contributed by atoms with E-state index >= 15 is 0 Å². The molecule has 1 N–H and O–H groups in total. The molecule has 0 bridgehead atoms. The summed E-state index contributed by atoms with van der Waals surface area (Å²) in [6.07, 6.45) is 0.151. The van der Waals surface area contributed by atoms with Crippen LogP contribution in [0.1, 0.15) is 29.8 Å². The minimum Gasteiger partial charge on any atom is -0.478 e. The quantitative estimate of drug-likeness (QED) is 0.761. The number of halogens is 1. The average molecular weight is 256 g/mol. The van der Waals surface area contributed by atoms with Crippen LogP contribution in [-0.2, 0) is 16.1 Å². The third-order valence-corrected chi connectivity index (χ3v) is 2.21. The van der Waals surface area contributed by atoms with Crippen LogP contribution >= 0.6 is 0 Å². The molecule has 0 spiro atoms. The molecule has 0 amide bonds. The van der Waals surface area contributed by atoms with Crippen molar-refractivity contribution in [2.75, 3.05) is 13.2 Å². The summed E-state index contributed by atoms with van der Waals surface area (Å²) >= 11 is 0. The van der Waals surface area contributed by atoms with Gasteiger partial charge < -0.3 is 14.6 Å². The lowest BCUT2D eigenvalue weighted by Gasteiger charge is -2.08. The van der Waals surface area contributed by atoms with Gasteiger partial charge in [-0.3, -0.25) is 0 Å². The molecular weight excluding hydrogens is 239 g/mol. The molecule has 0 heterocycles. The molecule has 0 fully saturated rings. The highest BCUT2D eigenvalue weighted by atomic mass is 19.1. The van der Waals surface area contributed by atoms with Crippen LogP contribution in [0.3, 0.4) is 0 Å². The van der Waals surface area contributed by atoms with Crippen molar-refractivity contribution < 1.29 is 23.8 Å². The van der Waals surface area contributed by atoms with Crippen molar-refractivity contribution in [1.29, 1.82) is 0 Å². The lowest BCUT2D eigenvalue weighted by atomic mass is 10.1. The fourth-order valence-electron chi connectivity index (χ4n) is 1.36. The Hall–Kier alpha value is -1.46. The predicted octanol–water partition coefficient (Wildman–Crippen LogP) is 2.47. The Morgan fingerprint density at radius 1 is 1.39 bits per heavy atom. The van der Waals surface area contributed by atoms with Gasteiger partial charge in [-0.1, -0.05) is 6.07 Å². The molecule has 4 nitrogen and oxygen atoms in total. The van der Waals surface area contributed by atoms with Crippen LogP contribution in [0.25, 0.3) is 0 Å². The fourth-order valence-corrected chi connectivity index (χ4v) is 1.36. The molecule has 5 heteroatoms. The van der Waals surface area contributed by atoms with Crippen LogP contribution in [-0.4, -0.2) is 30.4 Å². The molecule has 1 aromatic carbocycles. The lowest BCUT2D eigenvalue weighted by Crippen LogP contribution is -2.10. The van der Waals surface area contributed by atoms with Gasteiger partial charge in [0.2, 0.25) is 0 Å². The number of hydrogen-bond donors (Lipinski definition) is 1. The Kier molecular flexibility index (Phi) is 5.74. The van der Waals surface area contributed by atoms with Gasteiger partial charge >= 0.3 is 5.97 Å². The van der Waals surface area contributed by atoms with Gasteiger partial charge in [-0.25, -0.2) is 9.18 Å². The topological polar surface area (TPSA) is 55.8 Å². The van der Waals surface area contributed by atoms with Crippen LogP contribution in [0, 0.1) is 5.82 Å². The summed E-state index contributed by atoms with van der Waals surface area (Å²) in [7, 11) is 0. The molecule has 100 valence electrons. The molecule has 0 radical (unpaired) electrons. The van der Waals surface area contributed by atoms with E-state index in [0.717, 1.165) is 6.07 Å².